The van der Waals surface area contributed by atoms with Gasteiger partial charge in [0.1, 0.15) is 0 Å². The van der Waals surface area contributed by atoms with E-state index in [4.69, 9.17) is 17.4 Å². The van der Waals surface area contributed by atoms with Crippen molar-refractivity contribution in [1.82, 2.24) is 15.2 Å². The van der Waals surface area contributed by atoms with E-state index < -0.39 is 0 Å². The van der Waals surface area contributed by atoms with Gasteiger partial charge >= 0.3 is 0 Å². The van der Waals surface area contributed by atoms with E-state index in [2.05, 4.69) is 32.5 Å². The van der Waals surface area contributed by atoms with Gasteiger partial charge in [0, 0.05) is 11.9 Å². The zero-order valence-corrected chi connectivity index (χ0v) is 12.5. The van der Waals surface area contributed by atoms with Crippen molar-refractivity contribution in [3.8, 4) is 0 Å². The second-order valence-corrected chi connectivity index (χ2v) is 6.52. The van der Waals surface area contributed by atoms with E-state index in [1.54, 1.807) is 22.2 Å². The summed E-state index contributed by atoms with van der Waals surface area (Å²) in [6.45, 7) is 2.04. The first kappa shape index (κ1) is 13.0. The van der Waals surface area contributed by atoms with Crippen LogP contribution in [0.4, 0.5) is 0 Å². The minimum absolute atomic E-state index is 0.148. The van der Waals surface area contributed by atoms with Crippen LogP contribution in [0.5, 0.6) is 0 Å². The third-order valence-corrected chi connectivity index (χ3v) is 5.03. The molecule has 2 rings (SSSR count). The van der Waals surface area contributed by atoms with E-state index in [9.17, 15) is 0 Å². The molecule has 1 atom stereocenters. The summed E-state index contributed by atoms with van der Waals surface area (Å²) in [4.78, 5) is 1.10. The van der Waals surface area contributed by atoms with Crippen LogP contribution in [0, 0.1) is 6.92 Å². The highest BCUT2D eigenvalue weighted by Crippen LogP contribution is 2.35. The number of hydrazine groups is 1. The number of nitrogens with one attached hydrogen (secondary N) is 1. The molecule has 2 aromatic heterocycles. The van der Waals surface area contributed by atoms with Crippen molar-refractivity contribution < 1.29 is 0 Å². The van der Waals surface area contributed by atoms with Crippen LogP contribution in [0.3, 0.4) is 0 Å². The van der Waals surface area contributed by atoms with Crippen molar-refractivity contribution in [2.24, 2.45) is 12.9 Å². The Morgan fingerprint density at radius 3 is 2.76 bits per heavy atom. The normalized spacial score (nSPS) is 13.0. The van der Waals surface area contributed by atoms with Crippen LogP contribution in [0.1, 0.15) is 22.2 Å². The molecule has 0 aliphatic rings. The summed E-state index contributed by atoms with van der Waals surface area (Å²) in [6, 6.07) is 1.94. The van der Waals surface area contributed by atoms with Gasteiger partial charge in [0.2, 0.25) is 0 Å². The summed E-state index contributed by atoms with van der Waals surface area (Å²) in [5.74, 6) is 5.63. The van der Waals surface area contributed by atoms with Gasteiger partial charge in [-0.05, 0) is 34.5 Å². The summed E-state index contributed by atoms with van der Waals surface area (Å²) < 4.78 is 2.83. The molecule has 7 heteroatoms. The molecular weight excluding hydrogens is 324 g/mol. The van der Waals surface area contributed by atoms with E-state index in [1.165, 1.54) is 5.56 Å². The van der Waals surface area contributed by atoms with Gasteiger partial charge in [-0.2, -0.15) is 5.10 Å². The molecule has 0 saturated carbocycles. The van der Waals surface area contributed by atoms with Crippen molar-refractivity contribution in [3.63, 3.8) is 0 Å². The number of halogens is 2. The average molecular weight is 336 g/mol. The molecule has 0 aliphatic carbocycles. The molecular formula is C10H12BrClN4S. The summed E-state index contributed by atoms with van der Waals surface area (Å²) in [5, 5.41) is 4.73. The van der Waals surface area contributed by atoms with Crippen LogP contribution in [0.2, 0.25) is 5.02 Å². The van der Waals surface area contributed by atoms with E-state index >= 15 is 0 Å². The van der Waals surface area contributed by atoms with Gasteiger partial charge in [-0.15, -0.1) is 11.3 Å². The van der Waals surface area contributed by atoms with Crippen LogP contribution < -0.4 is 11.3 Å². The maximum Gasteiger partial charge on any atom is 0.0985 e. The minimum Gasteiger partial charge on any atom is -0.270 e. The van der Waals surface area contributed by atoms with Crippen LogP contribution in [0.15, 0.2) is 16.0 Å². The molecule has 3 N–H and O–H groups in total. The number of rotatable bonds is 3. The molecule has 0 fully saturated rings. The molecule has 0 amide bonds. The van der Waals surface area contributed by atoms with Gasteiger partial charge in [-0.25, -0.2) is 5.43 Å². The van der Waals surface area contributed by atoms with E-state index in [1.807, 2.05) is 14.0 Å². The summed E-state index contributed by atoms with van der Waals surface area (Å²) in [7, 11) is 1.85. The lowest BCUT2D eigenvalue weighted by atomic mass is 10.1. The average Bonchev–Trinajstić information content (AvgIpc) is 2.77. The fraction of sp³-hybridized carbons (Fsp3) is 0.300. The van der Waals surface area contributed by atoms with Gasteiger partial charge in [-0.1, -0.05) is 11.6 Å². The van der Waals surface area contributed by atoms with Gasteiger partial charge in [0.05, 0.1) is 26.7 Å². The smallest absolute Gasteiger partial charge is 0.0985 e. The standard InChI is InChI=1S/C10H12BrClN4S/c1-5-3-7(17-10(5)11)8(15-13)9-6(12)4-14-16(9)2/h3-4,8,15H,13H2,1-2H3. The van der Waals surface area contributed by atoms with Crippen molar-refractivity contribution in [3.05, 3.63) is 37.2 Å². The molecule has 2 aromatic rings. The van der Waals surface area contributed by atoms with Crippen LogP contribution in [-0.4, -0.2) is 9.78 Å². The summed E-state index contributed by atoms with van der Waals surface area (Å²) in [5.41, 5.74) is 4.83. The molecule has 2 heterocycles. The van der Waals surface area contributed by atoms with E-state index in [0.717, 1.165) is 14.4 Å². The van der Waals surface area contributed by atoms with Gasteiger partial charge in [0.25, 0.3) is 0 Å². The molecule has 1 unspecified atom stereocenters. The van der Waals surface area contributed by atoms with Crippen molar-refractivity contribution in [2.45, 2.75) is 13.0 Å². The first-order chi connectivity index (χ1) is 8.04. The Morgan fingerprint density at radius 1 is 1.65 bits per heavy atom. The van der Waals surface area contributed by atoms with Crippen molar-refractivity contribution in [1.29, 1.82) is 0 Å². The second-order valence-electron chi connectivity index (χ2n) is 3.71. The van der Waals surface area contributed by atoms with Gasteiger partial charge < -0.3 is 0 Å². The lowest BCUT2D eigenvalue weighted by Crippen LogP contribution is -2.30. The Kier molecular flexibility index (Phi) is 3.89. The quantitative estimate of drug-likeness (QED) is 0.670. The van der Waals surface area contributed by atoms with Crippen LogP contribution >= 0.6 is 38.9 Å². The fourth-order valence-electron chi connectivity index (χ4n) is 1.67. The molecule has 0 aliphatic heterocycles. The molecule has 0 aromatic carbocycles. The zero-order valence-electron chi connectivity index (χ0n) is 9.37. The highest BCUT2D eigenvalue weighted by molar-refractivity contribution is 9.11. The Hall–Kier alpha value is -0.400. The number of hydrogen-bond acceptors (Lipinski definition) is 4. The lowest BCUT2D eigenvalue weighted by molar-refractivity contribution is 0.582. The zero-order chi connectivity index (χ0) is 12.6. The first-order valence-electron chi connectivity index (χ1n) is 4.94. The van der Waals surface area contributed by atoms with Crippen LogP contribution in [-0.2, 0) is 7.05 Å². The van der Waals surface area contributed by atoms with Crippen molar-refractivity contribution in [2.75, 3.05) is 0 Å². The SMILES string of the molecule is Cc1cc(C(NN)c2c(Cl)cnn2C)sc1Br. The predicted octanol–water partition coefficient (Wildman–Crippen LogP) is 2.76. The maximum absolute atomic E-state index is 6.13. The topological polar surface area (TPSA) is 55.9 Å². The molecule has 92 valence electrons. The lowest BCUT2D eigenvalue weighted by Gasteiger charge is -2.15. The molecule has 0 bridgehead atoms. The van der Waals surface area contributed by atoms with Crippen molar-refractivity contribution >= 4 is 38.9 Å². The highest BCUT2D eigenvalue weighted by atomic mass is 79.9. The predicted molar refractivity (Wildman–Crippen MR) is 74.1 cm³/mol. The fourth-order valence-corrected chi connectivity index (χ4v) is 3.58. The Labute approximate surface area is 117 Å². The highest BCUT2D eigenvalue weighted by Gasteiger charge is 2.22. The number of aryl methyl sites for hydroxylation is 2. The Balaban J connectivity index is 2.47. The molecule has 4 nitrogen and oxygen atoms in total. The molecule has 0 spiro atoms. The Morgan fingerprint density at radius 2 is 2.35 bits per heavy atom. The van der Waals surface area contributed by atoms with E-state index in [-0.39, 0.29) is 6.04 Å². The third-order valence-electron chi connectivity index (χ3n) is 2.54. The second kappa shape index (κ2) is 5.07. The minimum atomic E-state index is -0.148. The number of hydrogen-bond donors (Lipinski definition) is 2. The molecule has 0 saturated heterocycles. The monoisotopic (exact) mass is 334 g/mol. The van der Waals surface area contributed by atoms with E-state index in [0.29, 0.717) is 5.02 Å². The van der Waals surface area contributed by atoms with Gasteiger partial charge in [-0.3, -0.25) is 10.5 Å². The molecule has 17 heavy (non-hydrogen) atoms. The van der Waals surface area contributed by atoms with Crippen LogP contribution in [0.25, 0.3) is 0 Å². The summed E-state index contributed by atoms with van der Waals surface area (Å²) in [6.07, 6.45) is 1.62. The first-order valence-corrected chi connectivity index (χ1v) is 6.92. The Bertz CT molecular complexity index is 497. The van der Waals surface area contributed by atoms with Gasteiger partial charge in [0.15, 0.2) is 0 Å². The maximum atomic E-state index is 6.13. The number of thiophene rings is 1. The largest absolute Gasteiger partial charge is 0.270 e. The third kappa shape index (κ3) is 2.41. The number of aromatic nitrogens is 2. The molecule has 0 radical (unpaired) electrons. The number of nitrogens with zero attached hydrogens (tertiary/aromatic N) is 2. The summed E-state index contributed by atoms with van der Waals surface area (Å²) >= 11 is 11.3. The number of nitrogens with two attached hydrogens (primary N) is 1.